The molecular formula is C58H35N3O. The molecule has 9 aromatic carbocycles. The van der Waals surface area contributed by atoms with Crippen LogP contribution in [0.5, 0.6) is 0 Å². The Kier molecular flexibility index (Phi) is 7.49. The van der Waals surface area contributed by atoms with Crippen LogP contribution in [-0.2, 0) is 5.41 Å². The number of benzene rings is 9. The van der Waals surface area contributed by atoms with Crippen molar-refractivity contribution >= 4 is 21.9 Å². The van der Waals surface area contributed by atoms with E-state index in [0.29, 0.717) is 17.5 Å². The van der Waals surface area contributed by atoms with Crippen LogP contribution in [0.1, 0.15) is 22.3 Å². The maximum atomic E-state index is 6.65. The van der Waals surface area contributed by atoms with Crippen molar-refractivity contribution in [1.82, 2.24) is 15.0 Å². The summed E-state index contributed by atoms with van der Waals surface area (Å²) in [6.45, 7) is 0. The molecule has 0 N–H and O–H groups in total. The predicted octanol–water partition coefficient (Wildman–Crippen LogP) is 14.4. The van der Waals surface area contributed by atoms with Gasteiger partial charge in [-0.3, -0.25) is 0 Å². The summed E-state index contributed by atoms with van der Waals surface area (Å²) in [7, 11) is 0. The lowest BCUT2D eigenvalue weighted by molar-refractivity contribution is 0.669. The highest BCUT2D eigenvalue weighted by molar-refractivity contribution is 6.13. The van der Waals surface area contributed by atoms with Gasteiger partial charge in [-0.1, -0.05) is 194 Å². The minimum Gasteiger partial charge on any atom is -0.456 e. The van der Waals surface area contributed by atoms with Gasteiger partial charge in [0.05, 0.1) is 5.41 Å². The minimum atomic E-state index is -0.470. The van der Waals surface area contributed by atoms with E-state index in [4.69, 9.17) is 19.4 Å². The third-order valence-corrected chi connectivity index (χ3v) is 13.0. The van der Waals surface area contributed by atoms with Gasteiger partial charge in [0.2, 0.25) is 0 Å². The first-order chi connectivity index (χ1) is 30.7. The third kappa shape index (κ3) is 4.98. The van der Waals surface area contributed by atoms with Crippen molar-refractivity contribution in [2.45, 2.75) is 5.41 Å². The predicted molar refractivity (Wildman–Crippen MR) is 251 cm³/mol. The molecule has 0 unspecified atom stereocenters. The van der Waals surface area contributed by atoms with Crippen LogP contribution in [0.4, 0.5) is 0 Å². The highest BCUT2D eigenvalue weighted by Gasteiger charge is 2.52. The average molecular weight is 790 g/mol. The van der Waals surface area contributed by atoms with Gasteiger partial charge in [-0.25, -0.2) is 15.0 Å². The molecular weight excluding hydrogens is 755 g/mol. The Hall–Kier alpha value is -8.21. The van der Waals surface area contributed by atoms with Crippen molar-refractivity contribution in [3.8, 4) is 78.7 Å². The molecule has 0 fully saturated rings. The number of rotatable bonds is 5. The Labute approximate surface area is 358 Å². The van der Waals surface area contributed by atoms with Gasteiger partial charge in [0, 0.05) is 27.5 Å². The van der Waals surface area contributed by atoms with Crippen LogP contribution >= 0.6 is 0 Å². The molecule has 2 aliphatic rings. The lowest BCUT2D eigenvalue weighted by Crippen LogP contribution is -2.26. The molecule has 2 aliphatic carbocycles. The van der Waals surface area contributed by atoms with Gasteiger partial charge in [0.25, 0.3) is 0 Å². The van der Waals surface area contributed by atoms with Crippen molar-refractivity contribution in [2.24, 2.45) is 0 Å². The van der Waals surface area contributed by atoms with Crippen LogP contribution < -0.4 is 0 Å². The van der Waals surface area contributed by atoms with Gasteiger partial charge < -0.3 is 4.42 Å². The third-order valence-electron chi connectivity index (χ3n) is 13.0. The molecule has 0 amide bonds. The fourth-order valence-corrected chi connectivity index (χ4v) is 10.4. The smallest absolute Gasteiger partial charge is 0.164 e. The average Bonchev–Trinajstić information content (AvgIpc) is 3.98. The first-order valence-electron chi connectivity index (χ1n) is 21.1. The number of furan rings is 1. The lowest BCUT2D eigenvalue weighted by Gasteiger charge is -2.32. The summed E-state index contributed by atoms with van der Waals surface area (Å²) in [6, 6.07) is 75.6. The standard InChI is InChI=1S/C58H35N3O/c1-3-15-36(16-4-1)37-29-31-39(32-30-37)56-59-55(38-17-5-2-6-18-38)60-57(61-56)46-24-14-28-52-53(46)47-35-40(33-34-51(47)62-52)41-22-13-23-45-44-21-9-12-27-50(44)58(54(41)45)48-25-10-7-19-42(48)43-20-8-11-26-49(43)58/h1-35H. The highest BCUT2D eigenvalue weighted by Crippen LogP contribution is 2.64. The van der Waals surface area contributed by atoms with E-state index in [1.165, 1.54) is 50.1 Å². The molecule has 0 saturated carbocycles. The summed E-state index contributed by atoms with van der Waals surface area (Å²) in [5.74, 6) is 1.82. The largest absolute Gasteiger partial charge is 0.456 e. The Balaban J connectivity index is 1.02. The second-order valence-electron chi connectivity index (χ2n) is 16.2. The first kappa shape index (κ1) is 34.6. The number of nitrogens with zero attached hydrogens (tertiary/aromatic N) is 3. The minimum absolute atomic E-state index is 0.470. The van der Waals surface area contributed by atoms with Gasteiger partial charge >= 0.3 is 0 Å². The Morgan fingerprint density at radius 2 is 0.758 bits per heavy atom. The maximum absolute atomic E-state index is 6.65. The lowest BCUT2D eigenvalue weighted by atomic mass is 9.68. The normalized spacial score (nSPS) is 13.0. The molecule has 4 nitrogen and oxygen atoms in total. The van der Waals surface area contributed by atoms with Gasteiger partial charge in [-0.2, -0.15) is 0 Å². The van der Waals surface area contributed by atoms with E-state index in [2.05, 4.69) is 164 Å². The Bertz CT molecular complexity index is 3510. The molecule has 0 aliphatic heterocycles. The van der Waals surface area contributed by atoms with E-state index in [-0.39, 0.29) is 0 Å². The van der Waals surface area contributed by atoms with Crippen LogP contribution in [-0.4, -0.2) is 15.0 Å². The van der Waals surface area contributed by atoms with Crippen LogP contribution in [0.2, 0.25) is 0 Å². The summed E-state index contributed by atoms with van der Waals surface area (Å²) in [6.07, 6.45) is 0. The van der Waals surface area contributed by atoms with E-state index in [1.807, 2.05) is 48.5 Å². The summed E-state index contributed by atoms with van der Waals surface area (Å²) in [5, 5.41) is 1.99. The second-order valence-corrected chi connectivity index (χ2v) is 16.2. The maximum Gasteiger partial charge on any atom is 0.164 e. The van der Waals surface area contributed by atoms with E-state index in [1.54, 1.807) is 0 Å². The van der Waals surface area contributed by atoms with Crippen LogP contribution in [0.3, 0.4) is 0 Å². The topological polar surface area (TPSA) is 51.8 Å². The SMILES string of the molecule is c1ccc(-c2ccc(-c3nc(-c4ccccc4)nc(-c4cccc5oc6ccc(-c7cccc8c7C7(c9ccccc9-c9ccccc97)c7ccccc7-8)cc6c45)n3)cc2)cc1. The fraction of sp³-hybridized carbons (Fsp3) is 0.0172. The molecule has 62 heavy (non-hydrogen) atoms. The van der Waals surface area contributed by atoms with Crippen LogP contribution in [0, 0.1) is 0 Å². The molecule has 2 heterocycles. The zero-order valence-electron chi connectivity index (χ0n) is 33.5. The van der Waals surface area contributed by atoms with Gasteiger partial charge in [-0.05, 0) is 85.0 Å². The van der Waals surface area contributed by atoms with Crippen LogP contribution in [0.15, 0.2) is 217 Å². The molecule has 288 valence electrons. The van der Waals surface area contributed by atoms with Crippen molar-refractivity contribution in [1.29, 1.82) is 0 Å². The number of aromatic nitrogens is 3. The molecule has 13 rings (SSSR count). The molecule has 11 aromatic rings. The zero-order valence-corrected chi connectivity index (χ0v) is 33.5. The van der Waals surface area contributed by atoms with E-state index < -0.39 is 5.41 Å². The van der Waals surface area contributed by atoms with Crippen molar-refractivity contribution in [2.75, 3.05) is 0 Å². The van der Waals surface area contributed by atoms with Gasteiger partial charge in [0.15, 0.2) is 17.5 Å². The number of fused-ring (bicyclic) bond motifs is 13. The summed E-state index contributed by atoms with van der Waals surface area (Å²) in [4.78, 5) is 15.5. The number of hydrogen-bond acceptors (Lipinski definition) is 4. The van der Waals surface area contributed by atoms with E-state index >= 15 is 0 Å². The fourth-order valence-electron chi connectivity index (χ4n) is 10.4. The first-order valence-corrected chi connectivity index (χ1v) is 21.1. The highest BCUT2D eigenvalue weighted by atomic mass is 16.3. The van der Waals surface area contributed by atoms with E-state index in [0.717, 1.165) is 55.3 Å². The zero-order chi connectivity index (χ0) is 40.8. The molecule has 0 radical (unpaired) electrons. The quantitative estimate of drug-likeness (QED) is 0.174. The number of hydrogen-bond donors (Lipinski definition) is 0. The summed E-state index contributed by atoms with van der Waals surface area (Å²) < 4.78 is 6.65. The molecule has 0 saturated heterocycles. The van der Waals surface area contributed by atoms with E-state index in [9.17, 15) is 0 Å². The van der Waals surface area contributed by atoms with Gasteiger partial charge in [0.1, 0.15) is 11.2 Å². The monoisotopic (exact) mass is 789 g/mol. The molecule has 4 heteroatoms. The molecule has 2 aromatic heterocycles. The van der Waals surface area contributed by atoms with Crippen molar-refractivity contribution in [3.63, 3.8) is 0 Å². The van der Waals surface area contributed by atoms with Crippen molar-refractivity contribution in [3.05, 3.63) is 235 Å². The molecule has 0 atom stereocenters. The second kappa shape index (κ2) is 13.4. The molecule has 1 spiro atoms. The van der Waals surface area contributed by atoms with Crippen molar-refractivity contribution < 1.29 is 4.42 Å². The summed E-state index contributed by atoms with van der Waals surface area (Å²) >= 11 is 0. The molecule has 0 bridgehead atoms. The van der Waals surface area contributed by atoms with Gasteiger partial charge in [-0.15, -0.1) is 0 Å². The summed E-state index contributed by atoms with van der Waals surface area (Å²) in [5.41, 5.74) is 18.9. The van der Waals surface area contributed by atoms with Crippen LogP contribution in [0.25, 0.3) is 101 Å². The Morgan fingerprint density at radius 1 is 0.306 bits per heavy atom. The Morgan fingerprint density at radius 3 is 1.42 bits per heavy atom.